The van der Waals surface area contributed by atoms with Gasteiger partial charge in [-0.15, -0.1) is 0 Å². The van der Waals surface area contributed by atoms with E-state index >= 15 is 0 Å². The van der Waals surface area contributed by atoms with Crippen molar-refractivity contribution >= 4 is 0 Å². The predicted molar refractivity (Wildman–Crippen MR) is 50.0 cm³/mol. The number of aryl methyl sites for hydroxylation is 1. The van der Waals surface area contributed by atoms with Crippen molar-refractivity contribution in [2.45, 2.75) is 32.2 Å². The van der Waals surface area contributed by atoms with Crippen LogP contribution in [0.25, 0.3) is 0 Å². The van der Waals surface area contributed by atoms with Gasteiger partial charge in [-0.05, 0) is 31.7 Å². The zero-order valence-electron chi connectivity index (χ0n) is 7.79. The molecule has 1 aliphatic carbocycles. The largest absolute Gasteiger partial charge is 0.618 e. The fourth-order valence-corrected chi connectivity index (χ4v) is 1.71. The first-order valence-corrected chi connectivity index (χ1v) is 4.65. The van der Waals surface area contributed by atoms with Crippen molar-refractivity contribution < 1.29 is 4.73 Å². The van der Waals surface area contributed by atoms with E-state index in [9.17, 15) is 5.21 Å². The summed E-state index contributed by atoms with van der Waals surface area (Å²) < 4.78 is 0.920. The average molecular weight is 178 g/mol. The normalized spacial score (nSPS) is 16.2. The minimum atomic E-state index is 0.343. The Bertz CT molecular complexity index is 332. The lowest BCUT2D eigenvalue weighted by atomic mass is 10.1. The van der Waals surface area contributed by atoms with Gasteiger partial charge in [0.15, 0.2) is 6.20 Å². The Labute approximate surface area is 77.8 Å². The van der Waals surface area contributed by atoms with Gasteiger partial charge in [-0.25, -0.2) is 0 Å². The van der Waals surface area contributed by atoms with Gasteiger partial charge in [-0.3, -0.25) is 0 Å². The van der Waals surface area contributed by atoms with Crippen molar-refractivity contribution in [1.82, 2.24) is 0 Å². The molecular formula is C10H14N2O. The maximum Gasteiger partial charge on any atom is 0.209 e. The molecular weight excluding hydrogens is 164 g/mol. The Morgan fingerprint density at radius 3 is 2.85 bits per heavy atom. The number of aromatic nitrogens is 1. The van der Waals surface area contributed by atoms with Crippen molar-refractivity contribution in [1.29, 1.82) is 0 Å². The molecule has 1 aliphatic rings. The summed E-state index contributed by atoms with van der Waals surface area (Å²) in [6.07, 6.45) is 4.00. The number of nitrogens with zero attached hydrogens (tertiary/aromatic N) is 1. The molecule has 3 nitrogen and oxygen atoms in total. The van der Waals surface area contributed by atoms with E-state index in [1.807, 2.05) is 6.92 Å². The molecule has 0 aliphatic heterocycles. The predicted octanol–water partition coefficient (Wildman–Crippen LogP) is 0.965. The fourth-order valence-electron chi connectivity index (χ4n) is 1.71. The second kappa shape index (κ2) is 3.00. The molecule has 0 unspecified atom stereocenters. The van der Waals surface area contributed by atoms with Crippen LogP contribution in [0.1, 0.15) is 35.6 Å². The lowest BCUT2D eigenvalue weighted by Crippen LogP contribution is -2.35. The molecule has 0 amide bonds. The van der Waals surface area contributed by atoms with Crippen molar-refractivity contribution in [3.63, 3.8) is 0 Å². The highest BCUT2D eigenvalue weighted by Crippen LogP contribution is 2.41. The summed E-state index contributed by atoms with van der Waals surface area (Å²) in [6, 6.07) is 2.09. The Kier molecular flexibility index (Phi) is 1.96. The van der Waals surface area contributed by atoms with Crippen LogP contribution in [-0.2, 0) is 6.54 Å². The van der Waals surface area contributed by atoms with Crippen LogP contribution in [0, 0.1) is 12.1 Å². The smallest absolute Gasteiger partial charge is 0.209 e. The summed E-state index contributed by atoms with van der Waals surface area (Å²) >= 11 is 0. The first kappa shape index (κ1) is 8.51. The molecule has 0 radical (unpaired) electrons. The molecule has 13 heavy (non-hydrogen) atoms. The van der Waals surface area contributed by atoms with Gasteiger partial charge in [0.2, 0.25) is 5.69 Å². The van der Waals surface area contributed by atoms with Gasteiger partial charge in [0.05, 0.1) is 6.54 Å². The molecule has 0 aromatic carbocycles. The van der Waals surface area contributed by atoms with Crippen LogP contribution in [0.2, 0.25) is 0 Å². The van der Waals surface area contributed by atoms with Crippen molar-refractivity contribution in [2.75, 3.05) is 0 Å². The van der Waals surface area contributed by atoms with Crippen LogP contribution < -0.4 is 10.5 Å². The lowest BCUT2D eigenvalue weighted by molar-refractivity contribution is -0.614. The molecule has 3 heteroatoms. The SMILES string of the molecule is Cc1cc(C2CC2)c(CN)[n+]([O-])c1. The van der Waals surface area contributed by atoms with Gasteiger partial charge >= 0.3 is 0 Å². The van der Waals surface area contributed by atoms with Gasteiger partial charge in [0.1, 0.15) is 0 Å². The summed E-state index contributed by atoms with van der Waals surface area (Å²) in [5.74, 6) is 0.596. The Hall–Kier alpha value is -1.09. The third-order valence-corrected chi connectivity index (χ3v) is 2.51. The van der Waals surface area contributed by atoms with Gasteiger partial charge in [-0.1, -0.05) is 0 Å². The standard InChI is InChI=1S/C10H14N2O/c1-7-4-9(8-2-3-8)10(5-11)12(13)6-7/h4,6,8H,2-3,5,11H2,1H3. The molecule has 2 rings (SSSR count). The molecule has 70 valence electrons. The first-order valence-electron chi connectivity index (χ1n) is 4.65. The van der Waals surface area contributed by atoms with Crippen LogP contribution in [0.3, 0.4) is 0 Å². The van der Waals surface area contributed by atoms with Crippen molar-refractivity contribution in [3.8, 4) is 0 Å². The van der Waals surface area contributed by atoms with Crippen LogP contribution in [0.15, 0.2) is 12.3 Å². The van der Waals surface area contributed by atoms with Gasteiger partial charge in [-0.2, -0.15) is 4.73 Å². The number of nitrogens with two attached hydrogens (primary N) is 1. The molecule has 0 atom stereocenters. The van der Waals surface area contributed by atoms with E-state index in [-0.39, 0.29) is 0 Å². The van der Waals surface area contributed by atoms with E-state index in [1.165, 1.54) is 12.8 Å². The maximum absolute atomic E-state index is 11.5. The molecule has 1 aromatic heterocycles. The summed E-state index contributed by atoms with van der Waals surface area (Å²) in [7, 11) is 0. The minimum absolute atomic E-state index is 0.343. The van der Waals surface area contributed by atoms with E-state index in [1.54, 1.807) is 6.20 Å². The quantitative estimate of drug-likeness (QED) is 0.542. The van der Waals surface area contributed by atoms with E-state index in [0.717, 1.165) is 21.6 Å². The second-order valence-corrected chi connectivity index (χ2v) is 3.72. The minimum Gasteiger partial charge on any atom is -0.618 e. The topological polar surface area (TPSA) is 53.0 Å². The van der Waals surface area contributed by atoms with Gasteiger partial charge in [0.25, 0.3) is 0 Å². The fraction of sp³-hybridized carbons (Fsp3) is 0.500. The summed E-state index contributed by atoms with van der Waals surface area (Å²) in [4.78, 5) is 0. The van der Waals surface area contributed by atoms with E-state index in [0.29, 0.717) is 12.5 Å². The molecule has 1 aromatic rings. The van der Waals surface area contributed by atoms with Crippen LogP contribution in [-0.4, -0.2) is 0 Å². The van der Waals surface area contributed by atoms with Gasteiger partial charge in [0, 0.05) is 11.1 Å². The van der Waals surface area contributed by atoms with Crippen LogP contribution >= 0.6 is 0 Å². The van der Waals surface area contributed by atoms with Crippen molar-refractivity contribution in [3.05, 3.63) is 34.3 Å². The third-order valence-electron chi connectivity index (χ3n) is 2.51. The zero-order chi connectivity index (χ0) is 9.42. The highest BCUT2D eigenvalue weighted by Gasteiger charge is 2.29. The van der Waals surface area contributed by atoms with E-state index in [4.69, 9.17) is 5.73 Å². The average Bonchev–Trinajstić information content (AvgIpc) is 2.85. The highest BCUT2D eigenvalue weighted by atomic mass is 16.5. The molecule has 0 saturated heterocycles. The van der Waals surface area contributed by atoms with Crippen LogP contribution in [0.4, 0.5) is 0 Å². The monoisotopic (exact) mass is 178 g/mol. The van der Waals surface area contributed by atoms with Crippen molar-refractivity contribution in [2.24, 2.45) is 5.73 Å². The maximum atomic E-state index is 11.5. The number of hydrogen-bond donors (Lipinski definition) is 1. The number of hydrogen-bond acceptors (Lipinski definition) is 2. The van der Waals surface area contributed by atoms with E-state index in [2.05, 4.69) is 6.07 Å². The zero-order valence-corrected chi connectivity index (χ0v) is 7.79. The summed E-state index contributed by atoms with van der Waals surface area (Å²) in [6.45, 7) is 2.29. The molecule has 2 N–H and O–H groups in total. The number of rotatable bonds is 2. The molecule has 1 fully saturated rings. The molecule has 0 spiro atoms. The Morgan fingerprint density at radius 2 is 2.31 bits per heavy atom. The van der Waals surface area contributed by atoms with Crippen LogP contribution in [0.5, 0.6) is 0 Å². The third kappa shape index (κ3) is 1.52. The lowest BCUT2D eigenvalue weighted by Gasteiger charge is -2.08. The highest BCUT2D eigenvalue weighted by molar-refractivity contribution is 5.28. The molecule has 1 saturated carbocycles. The first-order chi connectivity index (χ1) is 6.22. The number of pyridine rings is 1. The molecule has 1 heterocycles. The van der Waals surface area contributed by atoms with Gasteiger partial charge < -0.3 is 10.9 Å². The summed E-state index contributed by atoms with van der Waals surface area (Å²) in [5.41, 5.74) is 8.48. The Balaban J connectivity index is 2.50. The van der Waals surface area contributed by atoms with E-state index < -0.39 is 0 Å². The Morgan fingerprint density at radius 1 is 1.62 bits per heavy atom. The molecule has 0 bridgehead atoms. The second-order valence-electron chi connectivity index (χ2n) is 3.72. The summed E-state index contributed by atoms with van der Waals surface area (Å²) in [5, 5.41) is 11.5.